The van der Waals surface area contributed by atoms with Gasteiger partial charge in [0.15, 0.2) is 5.82 Å². The Kier molecular flexibility index (Phi) is 4.30. The first-order valence-electron chi connectivity index (χ1n) is 8.36. The van der Waals surface area contributed by atoms with Gasteiger partial charge < -0.3 is 14.8 Å². The normalized spacial score (nSPS) is 11.7. The summed E-state index contributed by atoms with van der Waals surface area (Å²) in [7, 11) is 0. The Morgan fingerprint density at radius 1 is 0.926 bits per heavy atom. The first-order chi connectivity index (χ1) is 13.2. The van der Waals surface area contributed by atoms with Gasteiger partial charge in [0.1, 0.15) is 28.9 Å². The monoisotopic (exact) mass is 353 g/mol. The van der Waals surface area contributed by atoms with Gasteiger partial charge in [-0.15, -0.1) is 0 Å². The molecule has 0 saturated heterocycles. The number of nitriles is 1. The number of aliphatic hydroxyl groups excluding tert-OH is 1. The lowest BCUT2D eigenvalue weighted by molar-refractivity contribution is 0.480. The number of H-pyrrole nitrogens is 1. The van der Waals surface area contributed by atoms with Crippen LogP contribution in [0.2, 0.25) is 0 Å². The molecule has 27 heavy (non-hydrogen) atoms. The highest BCUT2D eigenvalue weighted by atomic mass is 16.5. The standard InChI is InChI=1S/C22H15N3O2/c23-14-18(22-24-19-11-4-5-12-20(19)25-22)21(26)15-7-6-10-17(13-15)27-16-8-2-1-3-9-16/h1-13,26H,(H,24,25)/b21-18+. The molecular weight excluding hydrogens is 338 g/mol. The van der Waals surface area contributed by atoms with Crippen LogP contribution >= 0.6 is 0 Å². The number of para-hydroxylation sites is 3. The van der Waals surface area contributed by atoms with E-state index in [0.29, 0.717) is 22.9 Å². The second kappa shape index (κ2) is 7.06. The molecule has 0 aliphatic carbocycles. The fraction of sp³-hybridized carbons (Fsp3) is 0. The van der Waals surface area contributed by atoms with E-state index in [9.17, 15) is 10.4 Å². The molecule has 0 atom stereocenters. The van der Waals surface area contributed by atoms with Gasteiger partial charge in [0.05, 0.1) is 11.0 Å². The highest BCUT2D eigenvalue weighted by Gasteiger charge is 2.15. The second-order valence-corrected chi connectivity index (χ2v) is 5.88. The quantitative estimate of drug-likeness (QED) is 0.385. The van der Waals surface area contributed by atoms with Crippen molar-refractivity contribution < 1.29 is 9.84 Å². The summed E-state index contributed by atoms with van der Waals surface area (Å²) in [6, 6.07) is 25.8. The van der Waals surface area contributed by atoms with Gasteiger partial charge in [-0.2, -0.15) is 5.26 Å². The van der Waals surface area contributed by atoms with Crippen LogP contribution in [-0.2, 0) is 0 Å². The molecule has 0 bridgehead atoms. The predicted octanol–water partition coefficient (Wildman–Crippen LogP) is 5.31. The molecule has 2 N–H and O–H groups in total. The summed E-state index contributed by atoms with van der Waals surface area (Å²) in [5.74, 6) is 1.42. The number of aliphatic hydroxyl groups is 1. The van der Waals surface area contributed by atoms with E-state index in [0.717, 1.165) is 11.0 Å². The van der Waals surface area contributed by atoms with Crippen LogP contribution in [0, 0.1) is 11.3 Å². The minimum atomic E-state index is -0.157. The first kappa shape index (κ1) is 16.4. The van der Waals surface area contributed by atoms with E-state index >= 15 is 0 Å². The highest BCUT2D eigenvalue weighted by Crippen LogP contribution is 2.28. The molecule has 0 unspecified atom stereocenters. The zero-order valence-corrected chi connectivity index (χ0v) is 14.3. The third-order valence-corrected chi connectivity index (χ3v) is 4.06. The largest absolute Gasteiger partial charge is 0.506 e. The van der Waals surface area contributed by atoms with Gasteiger partial charge in [-0.3, -0.25) is 0 Å². The van der Waals surface area contributed by atoms with Crippen molar-refractivity contribution in [2.45, 2.75) is 0 Å². The molecule has 4 rings (SSSR count). The van der Waals surface area contributed by atoms with E-state index in [4.69, 9.17) is 4.74 Å². The molecule has 1 heterocycles. The van der Waals surface area contributed by atoms with Crippen LogP contribution in [0.1, 0.15) is 11.4 Å². The third kappa shape index (κ3) is 3.37. The van der Waals surface area contributed by atoms with Crippen LogP contribution in [0.4, 0.5) is 0 Å². The molecule has 0 saturated carbocycles. The summed E-state index contributed by atoms with van der Waals surface area (Å²) in [5, 5.41) is 20.3. The Morgan fingerprint density at radius 2 is 1.67 bits per heavy atom. The molecule has 3 aromatic carbocycles. The van der Waals surface area contributed by atoms with Crippen LogP contribution in [0.25, 0.3) is 22.4 Å². The smallest absolute Gasteiger partial charge is 0.153 e. The lowest BCUT2D eigenvalue weighted by Gasteiger charge is -2.08. The van der Waals surface area contributed by atoms with E-state index in [1.807, 2.05) is 60.7 Å². The van der Waals surface area contributed by atoms with Gasteiger partial charge in [-0.05, 0) is 36.4 Å². The van der Waals surface area contributed by atoms with Gasteiger partial charge in [0.25, 0.3) is 0 Å². The Morgan fingerprint density at radius 3 is 2.44 bits per heavy atom. The molecular formula is C22H15N3O2. The molecule has 4 aromatic rings. The molecule has 130 valence electrons. The number of imidazole rings is 1. The van der Waals surface area contributed by atoms with Crippen molar-refractivity contribution >= 4 is 22.4 Å². The number of aromatic nitrogens is 2. The Balaban J connectivity index is 1.72. The van der Waals surface area contributed by atoms with Crippen molar-refractivity contribution in [3.8, 4) is 17.6 Å². The maximum atomic E-state index is 10.7. The van der Waals surface area contributed by atoms with Crippen molar-refractivity contribution in [3.63, 3.8) is 0 Å². The van der Waals surface area contributed by atoms with E-state index in [2.05, 4.69) is 9.97 Å². The number of ether oxygens (including phenoxy) is 1. The fourth-order valence-electron chi connectivity index (χ4n) is 2.77. The predicted molar refractivity (Wildman–Crippen MR) is 104 cm³/mol. The van der Waals surface area contributed by atoms with Crippen LogP contribution in [0.15, 0.2) is 78.9 Å². The van der Waals surface area contributed by atoms with Gasteiger partial charge in [-0.1, -0.05) is 42.5 Å². The molecule has 0 radical (unpaired) electrons. The van der Waals surface area contributed by atoms with E-state index < -0.39 is 0 Å². The van der Waals surface area contributed by atoms with Crippen molar-refractivity contribution in [3.05, 3.63) is 90.3 Å². The summed E-state index contributed by atoms with van der Waals surface area (Å²) in [5.41, 5.74) is 2.08. The average molecular weight is 353 g/mol. The van der Waals surface area contributed by atoms with E-state index in [-0.39, 0.29) is 11.3 Å². The molecule has 0 amide bonds. The van der Waals surface area contributed by atoms with E-state index in [1.54, 1.807) is 24.3 Å². The molecule has 5 nitrogen and oxygen atoms in total. The topological polar surface area (TPSA) is 81.9 Å². The zero-order chi connectivity index (χ0) is 18.6. The first-order valence-corrected chi connectivity index (χ1v) is 8.36. The third-order valence-electron chi connectivity index (χ3n) is 4.06. The number of hydrogen-bond donors (Lipinski definition) is 2. The summed E-state index contributed by atoms with van der Waals surface area (Å²) in [4.78, 5) is 7.46. The second-order valence-electron chi connectivity index (χ2n) is 5.88. The van der Waals surface area contributed by atoms with Crippen molar-refractivity contribution in [1.29, 1.82) is 5.26 Å². The molecule has 0 fully saturated rings. The van der Waals surface area contributed by atoms with Crippen molar-refractivity contribution in [2.24, 2.45) is 0 Å². The zero-order valence-electron chi connectivity index (χ0n) is 14.3. The number of fused-ring (bicyclic) bond motifs is 1. The molecule has 1 aromatic heterocycles. The number of hydrogen-bond acceptors (Lipinski definition) is 4. The fourth-order valence-corrected chi connectivity index (χ4v) is 2.77. The number of rotatable bonds is 4. The van der Waals surface area contributed by atoms with Gasteiger partial charge in [-0.25, -0.2) is 4.98 Å². The van der Waals surface area contributed by atoms with Crippen LogP contribution in [0.5, 0.6) is 11.5 Å². The summed E-state index contributed by atoms with van der Waals surface area (Å²) in [6.07, 6.45) is 0. The molecule has 5 heteroatoms. The number of nitrogens with one attached hydrogen (secondary N) is 1. The van der Waals surface area contributed by atoms with E-state index in [1.165, 1.54) is 0 Å². The summed E-state index contributed by atoms with van der Waals surface area (Å²) < 4.78 is 5.80. The Labute approximate surface area is 155 Å². The van der Waals surface area contributed by atoms with Crippen molar-refractivity contribution in [2.75, 3.05) is 0 Å². The summed E-state index contributed by atoms with van der Waals surface area (Å²) in [6.45, 7) is 0. The minimum absolute atomic E-state index is 0.0723. The molecule has 0 aliphatic heterocycles. The highest BCUT2D eigenvalue weighted by molar-refractivity contribution is 5.94. The Hall–Kier alpha value is -4.04. The van der Waals surface area contributed by atoms with Crippen LogP contribution in [0.3, 0.4) is 0 Å². The van der Waals surface area contributed by atoms with Crippen LogP contribution < -0.4 is 4.74 Å². The van der Waals surface area contributed by atoms with Crippen molar-refractivity contribution in [1.82, 2.24) is 9.97 Å². The maximum absolute atomic E-state index is 10.7. The lowest BCUT2D eigenvalue weighted by Crippen LogP contribution is -1.93. The van der Waals surface area contributed by atoms with Crippen LogP contribution in [-0.4, -0.2) is 15.1 Å². The van der Waals surface area contributed by atoms with Gasteiger partial charge >= 0.3 is 0 Å². The molecule has 0 aliphatic rings. The number of aromatic amines is 1. The van der Waals surface area contributed by atoms with Gasteiger partial charge in [0.2, 0.25) is 0 Å². The van der Waals surface area contributed by atoms with Gasteiger partial charge in [0, 0.05) is 5.56 Å². The average Bonchev–Trinajstić information content (AvgIpc) is 3.13. The Bertz CT molecular complexity index is 1140. The summed E-state index contributed by atoms with van der Waals surface area (Å²) >= 11 is 0. The maximum Gasteiger partial charge on any atom is 0.153 e. The minimum Gasteiger partial charge on any atom is -0.506 e. The lowest BCUT2D eigenvalue weighted by atomic mass is 10.1. The number of benzene rings is 3. The molecule has 0 spiro atoms. The SMILES string of the molecule is N#C/C(=C(\O)c1cccc(Oc2ccccc2)c1)c1nc2ccccc2[nH]1. The number of nitrogens with zero attached hydrogens (tertiary/aromatic N) is 2. The number of allylic oxidation sites excluding steroid dienone is 1.